The molecule has 2 nitrogen and oxygen atoms in total. The van der Waals surface area contributed by atoms with Crippen LogP contribution in [0.2, 0.25) is 0 Å². The van der Waals surface area contributed by atoms with E-state index < -0.39 is 58.6 Å². The molecule has 0 amide bonds. The van der Waals surface area contributed by atoms with Crippen molar-refractivity contribution in [1.29, 1.82) is 0 Å². The first-order chi connectivity index (χ1) is 10.9. The largest absolute Gasteiger partial charge is 0.673 e. The summed E-state index contributed by atoms with van der Waals surface area (Å²) in [6, 6.07) is 0. The molecule has 0 heterocycles. The van der Waals surface area contributed by atoms with Crippen LogP contribution >= 0.6 is 0 Å². The summed E-state index contributed by atoms with van der Waals surface area (Å²) >= 11 is 0. The molecular formula is C11H12BF9O2S. The van der Waals surface area contributed by atoms with Gasteiger partial charge in [-0.1, -0.05) is 0 Å². The van der Waals surface area contributed by atoms with Gasteiger partial charge in [0.05, 0.1) is 18.8 Å². The maximum atomic E-state index is 13.4. The molecule has 0 spiro atoms. The summed E-state index contributed by atoms with van der Waals surface area (Å²) in [5.74, 6) is -10.0. The molecule has 0 atom stereocenters. The summed E-state index contributed by atoms with van der Waals surface area (Å²) < 4.78 is 105. The van der Waals surface area contributed by atoms with E-state index in [1.807, 2.05) is 0 Å². The summed E-state index contributed by atoms with van der Waals surface area (Å²) in [7, 11) is -6.85. The normalized spacial score (nSPS) is 11.5. The van der Waals surface area contributed by atoms with Crippen LogP contribution in [-0.2, 0) is 16.6 Å². The van der Waals surface area contributed by atoms with Crippen molar-refractivity contribution in [2.75, 3.05) is 24.7 Å². The Morgan fingerprint density at radius 2 is 0.958 bits per heavy atom. The van der Waals surface area contributed by atoms with Crippen LogP contribution in [-0.4, -0.2) is 42.2 Å². The Balaban J connectivity index is 0.000000922. The van der Waals surface area contributed by atoms with Gasteiger partial charge in [0.25, 0.3) is 0 Å². The summed E-state index contributed by atoms with van der Waals surface area (Å²) in [6.45, 7) is -0.586. The van der Waals surface area contributed by atoms with Gasteiger partial charge >= 0.3 is 7.25 Å². The average molecular weight is 390 g/mol. The third-order valence-corrected chi connectivity index (χ3v) is 4.63. The number of benzene rings is 1. The van der Waals surface area contributed by atoms with Crippen LogP contribution in [0.1, 0.15) is 5.56 Å². The monoisotopic (exact) mass is 390 g/mol. The van der Waals surface area contributed by atoms with Crippen molar-refractivity contribution in [2.45, 2.75) is 5.75 Å². The number of aliphatic hydroxyl groups excluding tert-OH is 2. The Labute approximate surface area is 133 Å². The smallest absolute Gasteiger partial charge is 0.418 e. The Bertz CT molecular complexity index is 500. The molecule has 0 unspecified atom stereocenters. The molecule has 1 aromatic carbocycles. The minimum Gasteiger partial charge on any atom is -0.418 e. The zero-order valence-corrected chi connectivity index (χ0v) is 12.6. The van der Waals surface area contributed by atoms with Gasteiger partial charge in [-0.3, -0.25) is 0 Å². The highest BCUT2D eigenvalue weighted by Gasteiger charge is 2.30. The van der Waals surface area contributed by atoms with Crippen molar-refractivity contribution in [2.24, 2.45) is 0 Å². The van der Waals surface area contributed by atoms with Crippen molar-refractivity contribution < 1.29 is 49.4 Å². The SMILES string of the molecule is F[B-](F)(F)F.OCC[S+](CCO)Cc1c(F)c(F)c(F)c(F)c1F. The Hall–Kier alpha value is -1.08. The Kier molecular flexibility index (Phi) is 9.59. The van der Waals surface area contributed by atoms with Crippen LogP contribution in [0.25, 0.3) is 0 Å². The lowest BCUT2D eigenvalue weighted by Crippen LogP contribution is -2.21. The summed E-state index contributed by atoms with van der Waals surface area (Å²) in [5.41, 5.74) is -0.901. The van der Waals surface area contributed by atoms with E-state index in [0.29, 0.717) is 0 Å². The molecule has 2 N–H and O–H groups in total. The number of aliphatic hydroxyl groups is 2. The fourth-order valence-electron chi connectivity index (χ4n) is 1.49. The number of hydrogen-bond donors (Lipinski definition) is 2. The van der Waals surface area contributed by atoms with Gasteiger partial charge in [-0.25, -0.2) is 22.0 Å². The Morgan fingerprint density at radius 1 is 0.667 bits per heavy atom. The lowest BCUT2D eigenvalue weighted by Gasteiger charge is -2.10. The highest BCUT2D eigenvalue weighted by atomic mass is 32.2. The second kappa shape index (κ2) is 10.0. The topological polar surface area (TPSA) is 40.5 Å². The van der Waals surface area contributed by atoms with Gasteiger partial charge in [-0.2, -0.15) is 0 Å². The molecule has 0 aliphatic carbocycles. The standard InChI is InChI=1S/C11H12F5O2S.BF4/c12-7-6(5-19(3-1-17)4-2-18)8(13)10(15)11(16)9(7)14;2-1(3,4)5/h17-18H,1-5H2;/q+1;-1. The molecule has 0 aliphatic heterocycles. The van der Waals surface area contributed by atoms with Crippen molar-refractivity contribution in [3.05, 3.63) is 34.6 Å². The zero-order valence-electron chi connectivity index (χ0n) is 11.8. The second-order valence-electron chi connectivity index (χ2n) is 4.16. The quantitative estimate of drug-likeness (QED) is 0.258. The first kappa shape index (κ1) is 22.9. The summed E-state index contributed by atoms with van der Waals surface area (Å²) in [5, 5.41) is 17.5. The zero-order chi connectivity index (χ0) is 19.1. The second-order valence-corrected chi connectivity index (χ2v) is 6.49. The molecule has 1 aromatic rings. The summed E-state index contributed by atoms with van der Waals surface area (Å²) in [4.78, 5) is 0. The van der Waals surface area contributed by atoms with Gasteiger partial charge in [-0.05, 0) is 10.9 Å². The number of halogens is 9. The van der Waals surface area contributed by atoms with E-state index >= 15 is 0 Å². The van der Waals surface area contributed by atoms with Crippen LogP contribution < -0.4 is 0 Å². The van der Waals surface area contributed by atoms with Gasteiger partial charge in [0, 0.05) is 0 Å². The molecular weight excluding hydrogens is 378 g/mol. The van der Waals surface area contributed by atoms with E-state index in [-0.39, 0.29) is 24.7 Å². The lowest BCUT2D eigenvalue weighted by atomic mass is 10.2. The molecule has 0 saturated heterocycles. The van der Waals surface area contributed by atoms with Crippen molar-refractivity contribution >= 4 is 18.1 Å². The van der Waals surface area contributed by atoms with Crippen LogP contribution in [0.15, 0.2) is 0 Å². The molecule has 140 valence electrons. The third-order valence-electron chi connectivity index (χ3n) is 2.41. The summed E-state index contributed by atoms with van der Waals surface area (Å²) in [6.07, 6.45) is 0. The molecule has 13 heteroatoms. The van der Waals surface area contributed by atoms with Gasteiger partial charge in [0.15, 0.2) is 23.3 Å². The maximum absolute atomic E-state index is 13.4. The van der Waals surface area contributed by atoms with Crippen LogP contribution in [0.5, 0.6) is 0 Å². The molecule has 1 rings (SSSR count). The lowest BCUT2D eigenvalue weighted by molar-refractivity contribution is 0.316. The van der Waals surface area contributed by atoms with Crippen LogP contribution in [0.4, 0.5) is 39.2 Å². The van der Waals surface area contributed by atoms with E-state index in [1.54, 1.807) is 0 Å². The number of rotatable bonds is 6. The van der Waals surface area contributed by atoms with Gasteiger partial charge in [-0.15, -0.1) is 0 Å². The average Bonchev–Trinajstić information content (AvgIpc) is 2.46. The number of hydrogen-bond acceptors (Lipinski definition) is 2. The van der Waals surface area contributed by atoms with Gasteiger partial charge < -0.3 is 27.5 Å². The van der Waals surface area contributed by atoms with E-state index in [9.17, 15) is 39.2 Å². The molecule has 0 aliphatic rings. The molecule has 24 heavy (non-hydrogen) atoms. The third kappa shape index (κ3) is 7.66. The predicted molar refractivity (Wildman–Crippen MR) is 71.4 cm³/mol. The predicted octanol–water partition coefficient (Wildman–Crippen LogP) is 2.79. The highest BCUT2D eigenvalue weighted by Crippen LogP contribution is 2.25. The fraction of sp³-hybridized carbons (Fsp3) is 0.455. The molecule has 0 fully saturated rings. The van der Waals surface area contributed by atoms with E-state index in [4.69, 9.17) is 10.2 Å². The van der Waals surface area contributed by atoms with E-state index in [2.05, 4.69) is 0 Å². The molecule has 0 radical (unpaired) electrons. The minimum atomic E-state index is -6.00. The van der Waals surface area contributed by atoms with Crippen molar-refractivity contribution in [3.63, 3.8) is 0 Å². The Morgan fingerprint density at radius 3 is 1.25 bits per heavy atom. The first-order valence-corrected chi connectivity index (χ1v) is 7.90. The minimum absolute atomic E-state index is 0.125. The molecule has 0 saturated carbocycles. The maximum Gasteiger partial charge on any atom is 0.673 e. The van der Waals surface area contributed by atoms with E-state index in [1.165, 1.54) is 0 Å². The van der Waals surface area contributed by atoms with Gasteiger partial charge in [0.1, 0.15) is 17.3 Å². The highest BCUT2D eigenvalue weighted by molar-refractivity contribution is 7.96. The van der Waals surface area contributed by atoms with E-state index in [0.717, 1.165) is 0 Å². The fourth-order valence-corrected chi connectivity index (χ4v) is 3.16. The van der Waals surface area contributed by atoms with Crippen LogP contribution in [0.3, 0.4) is 0 Å². The first-order valence-electron chi connectivity index (χ1n) is 6.17. The van der Waals surface area contributed by atoms with Crippen molar-refractivity contribution in [1.82, 2.24) is 0 Å². The van der Waals surface area contributed by atoms with Crippen molar-refractivity contribution in [3.8, 4) is 0 Å². The van der Waals surface area contributed by atoms with Gasteiger partial charge in [0.2, 0.25) is 5.82 Å². The van der Waals surface area contributed by atoms with Crippen LogP contribution in [0, 0.1) is 29.1 Å². The molecule has 0 aromatic heterocycles. The molecule has 0 bridgehead atoms.